The number of rotatable bonds is 3. The Morgan fingerprint density at radius 2 is 2.04 bits per heavy atom. The van der Waals surface area contributed by atoms with E-state index >= 15 is 0 Å². The number of carbonyl (C=O) groups is 1. The van der Waals surface area contributed by atoms with E-state index in [0.29, 0.717) is 18.8 Å². The minimum absolute atomic E-state index is 0.172. The van der Waals surface area contributed by atoms with Crippen LogP contribution >= 0.6 is 0 Å². The molecule has 0 atom stereocenters. The monoisotopic (exact) mass is 341 g/mol. The Hall–Kier alpha value is -2.32. The minimum atomic E-state index is -4.50. The lowest BCUT2D eigenvalue weighted by Gasteiger charge is -2.32. The quantitative estimate of drug-likeness (QED) is 0.861. The van der Waals surface area contributed by atoms with Gasteiger partial charge in [0.25, 0.3) is 0 Å². The molecule has 9 heteroatoms. The Labute approximate surface area is 136 Å². The number of alkyl halides is 3. The predicted octanol–water partition coefficient (Wildman–Crippen LogP) is 2.27. The Morgan fingerprint density at radius 1 is 1.33 bits per heavy atom. The number of aromatic nitrogens is 4. The van der Waals surface area contributed by atoms with E-state index in [4.69, 9.17) is 0 Å². The van der Waals surface area contributed by atoms with Crippen molar-refractivity contribution in [1.82, 2.24) is 24.5 Å². The summed E-state index contributed by atoms with van der Waals surface area (Å²) in [6.07, 6.45) is 0.671. The fraction of sp³-hybridized carbons (Fsp3) is 0.533. The van der Waals surface area contributed by atoms with Gasteiger partial charge in [0, 0.05) is 31.2 Å². The van der Waals surface area contributed by atoms with E-state index in [1.807, 2.05) is 16.9 Å². The fourth-order valence-corrected chi connectivity index (χ4v) is 2.91. The van der Waals surface area contributed by atoms with Crippen LogP contribution in [0, 0.1) is 6.92 Å². The smallest absolute Gasteiger partial charge is 0.341 e. The number of hydrogen-bond acceptors (Lipinski definition) is 3. The van der Waals surface area contributed by atoms with Crippen LogP contribution in [0.1, 0.15) is 30.3 Å². The second-order valence-corrected chi connectivity index (χ2v) is 5.92. The number of hydrogen-bond donors (Lipinski definition) is 0. The second-order valence-electron chi connectivity index (χ2n) is 5.92. The largest absolute Gasteiger partial charge is 0.435 e. The first-order valence-corrected chi connectivity index (χ1v) is 7.73. The minimum Gasteiger partial charge on any atom is -0.341 e. The van der Waals surface area contributed by atoms with Gasteiger partial charge in [-0.15, -0.1) is 0 Å². The maximum Gasteiger partial charge on any atom is 0.435 e. The van der Waals surface area contributed by atoms with Crippen molar-refractivity contribution in [2.45, 2.75) is 38.5 Å². The average Bonchev–Trinajstić information content (AvgIpc) is 3.17. The first-order valence-electron chi connectivity index (χ1n) is 7.73. The molecule has 1 fully saturated rings. The zero-order valence-corrected chi connectivity index (χ0v) is 13.2. The molecule has 130 valence electrons. The third-order valence-electron chi connectivity index (χ3n) is 4.27. The van der Waals surface area contributed by atoms with Gasteiger partial charge in [-0.3, -0.25) is 14.2 Å². The fourth-order valence-electron chi connectivity index (χ4n) is 2.91. The van der Waals surface area contributed by atoms with Crippen LogP contribution in [0.5, 0.6) is 0 Å². The number of halogens is 3. The normalized spacial score (nSPS) is 16.6. The highest BCUT2D eigenvalue weighted by molar-refractivity contribution is 5.76. The maximum atomic E-state index is 12.7. The number of aryl methyl sites for hydroxylation is 1. The lowest BCUT2D eigenvalue weighted by Crippen LogP contribution is -2.41. The van der Waals surface area contributed by atoms with Gasteiger partial charge < -0.3 is 4.90 Å². The number of likely N-dealkylation sites (tertiary alicyclic amines) is 1. The van der Waals surface area contributed by atoms with Crippen LogP contribution in [0.25, 0.3) is 0 Å². The van der Waals surface area contributed by atoms with Crippen LogP contribution in [0.4, 0.5) is 13.2 Å². The summed E-state index contributed by atoms with van der Waals surface area (Å²) in [6, 6.07) is 3.07. The number of piperidine rings is 1. The molecule has 0 saturated carbocycles. The Balaban J connectivity index is 1.59. The van der Waals surface area contributed by atoms with Crippen molar-refractivity contribution in [2.75, 3.05) is 13.1 Å². The second kappa shape index (κ2) is 6.29. The first-order chi connectivity index (χ1) is 11.3. The number of carbonyl (C=O) groups excluding carboxylic acids is 1. The lowest BCUT2D eigenvalue weighted by atomic mass is 10.1. The summed E-state index contributed by atoms with van der Waals surface area (Å²) in [5.74, 6) is -0.214. The molecule has 3 heterocycles. The predicted molar refractivity (Wildman–Crippen MR) is 79.0 cm³/mol. The molecule has 2 aromatic heterocycles. The van der Waals surface area contributed by atoms with Crippen molar-refractivity contribution < 1.29 is 18.0 Å². The van der Waals surface area contributed by atoms with Crippen LogP contribution < -0.4 is 0 Å². The van der Waals surface area contributed by atoms with Gasteiger partial charge in [0.1, 0.15) is 6.54 Å². The molecule has 1 aliphatic rings. The van der Waals surface area contributed by atoms with E-state index in [-0.39, 0.29) is 18.5 Å². The summed E-state index contributed by atoms with van der Waals surface area (Å²) in [7, 11) is 0. The summed E-state index contributed by atoms with van der Waals surface area (Å²) in [6.45, 7) is 2.47. The van der Waals surface area contributed by atoms with Gasteiger partial charge >= 0.3 is 6.18 Å². The van der Waals surface area contributed by atoms with Crippen molar-refractivity contribution >= 4 is 5.91 Å². The van der Waals surface area contributed by atoms with Crippen molar-refractivity contribution in [3.63, 3.8) is 0 Å². The average molecular weight is 341 g/mol. The third-order valence-corrected chi connectivity index (χ3v) is 4.27. The summed E-state index contributed by atoms with van der Waals surface area (Å²) >= 11 is 0. The molecule has 1 amide bonds. The van der Waals surface area contributed by atoms with Crippen LogP contribution in [0.3, 0.4) is 0 Å². The van der Waals surface area contributed by atoms with Gasteiger partial charge in [0.05, 0.1) is 6.04 Å². The van der Waals surface area contributed by atoms with Crippen LogP contribution in [-0.4, -0.2) is 43.5 Å². The molecule has 0 bridgehead atoms. The molecule has 1 saturated heterocycles. The number of nitrogens with zero attached hydrogens (tertiary/aromatic N) is 5. The Bertz CT molecular complexity index is 699. The van der Waals surface area contributed by atoms with Gasteiger partial charge in [0.15, 0.2) is 5.69 Å². The molecule has 0 aliphatic carbocycles. The number of amides is 1. The van der Waals surface area contributed by atoms with Crippen LogP contribution in [-0.2, 0) is 17.5 Å². The molecule has 1 aliphatic heterocycles. The van der Waals surface area contributed by atoms with E-state index in [9.17, 15) is 18.0 Å². The Kier molecular flexibility index (Phi) is 4.33. The highest BCUT2D eigenvalue weighted by Crippen LogP contribution is 2.28. The topological polar surface area (TPSA) is 56.0 Å². The van der Waals surface area contributed by atoms with Crippen LogP contribution in [0.2, 0.25) is 0 Å². The summed E-state index contributed by atoms with van der Waals surface area (Å²) in [4.78, 5) is 14.0. The third kappa shape index (κ3) is 3.44. The van der Waals surface area contributed by atoms with E-state index in [1.165, 1.54) is 6.92 Å². The van der Waals surface area contributed by atoms with E-state index in [1.54, 1.807) is 11.1 Å². The van der Waals surface area contributed by atoms with Gasteiger partial charge in [-0.05, 0) is 31.9 Å². The van der Waals surface area contributed by atoms with Gasteiger partial charge in [-0.2, -0.15) is 23.4 Å². The van der Waals surface area contributed by atoms with Gasteiger partial charge in [-0.1, -0.05) is 0 Å². The molecular weight excluding hydrogens is 323 g/mol. The summed E-state index contributed by atoms with van der Waals surface area (Å²) in [5, 5.41) is 7.71. The van der Waals surface area contributed by atoms with Gasteiger partial charge in [0.2, 0.25) is 5.91 Å². The molecule has 2 aromatic rings. The van der Waals surface area contributed by atoms with E-state index in [0.717, 1.165) is 23.6 Å². The Morgan fingerprint density at radius 3 is 2.58 bits per heavy atom. The molecule has 0 spiro atoms. The molecule has 0 N–H and O–H groups in total. The van der Waals surface area contributed by atoms with E-state index < -0.39 is 11.9 Å². The SMILES string of the molecule is Cc1cc(C(F)(F)F)nn1CC(=O)N1CCC(n2cccn2)CC1. The zero-order chi connectivity index (χ0) is 17.3. The highest BCUT2D eigenvalue weighted by Gasteiger charge is 2.34. The van der Waals surface area contributed by atoms with Crippen molar-refractivity contribution in [1.29, 1.82) is 0 Å². The molecular formula is C15H18F3N5O. The molecule has 6 nitrogen and oxygen atoms in total. The highest BCUT2D eigenvalue weighted by atomic mass is 19.4. The summed E-state index contributed by atoms with van der Waals surface area (Å²) < 4.78 is 41.0. The van der Waals surface area contributed by atoms with Gasteiger partial charge in [-0.25, -0.2) is 0 Å². The first kappa shape index (κ1) is 16.5. The van der Waals surface area contributed by atoms with Crippen molar-refractivity contribution in [2.24, 2.45) is 0 Å². The molecule has 0 unspecified atom stereocenters. The molecule has 0 radical (unpaired) electrons. The lowest BCUT2D eigenvalue weighted by molar-refractivity contribution is -0.142. The zero-order valence-electron chi connectivity index (χ0n) is 13.2. The van der Waals surface area contributed by atoms with E-state index in [2.05, 4.69) is 10.2 Å². The molecule has 0 aromatic carbocycles. The van der Waals surface area contributed by atoms with Crippen LogP contribution in [0.15, 0.2) is 24.5 Å². The summed E-state index contributed by atoms with van der Waals surface area (Å²) in [5.41, 5.74) is -0.646. The maximum absolute atomic E-state index is 12.7. The standard InChI is InChI=1S/C15H18F3N5O/c1-11-9-13(15(16,17)18)20-23(11)10-14(24)21-7-3-12(4-8-21)22-6-2-5-19-22/h2,5-6,9,12H,3-4,7-8,10H2,1H3. The molecule has 3 rings (SSSR count). The molecule has 24 heavy (non-hydrogen) atoms. The van der Waals surface area contributed by atoms with Crippen molar-refractivity contribution in [3.8, 4) is 0 Å². The van der Waals surface area contributed by atoms with Crippen molar-refractivity contribution in [3.05, 3.63) is 35.9 Å².